The molecule has 19 heavy (non-hydrogen) atoms. The first-order valence-corrected chi connectivity index (χ1v) is 6.89. The van der Waals surface area contributed by atoms with Gasteiger partial charge in [0.15, 0.2) is 0 Å². The summed E-state index contributed by atoms with van der Waals surface area (Å²) >= 11 is 0. The number of ether oxygens (including phenoxy) is 1. The van der Waals surface area contributed by atoms with E-state index in [9.17, 15) is 4.39 Å². The van der Waals surface area contributed by atoms with Crippen LogP contribution < -0.4 is 5.73 Å². The Kier molecular flexibility index (Phi) is 6.81. The summed E-state index contributed by atoms with van der Waals surface area (Å²) < 4.78 is 18.2. The monoisotopic (exact) mass is 268 g/mol. The summed E-state index contributed by atoms with van der Waals surface area (Å²) in [5, 5.41) is 0. The Morgan fingerprint density at radius 2 is 2.00 bits per heavy atom. The molecule has 2 N–H and O–H groups in total. The number of hydrogen-bond acceptors (Lipinski definition) is 3. The molecule has 0 spiro atoms. The quantitative estimate of drug-likeness (QED) is 0.736. The van der Waals surface area contributed by atoms with E-state index >= 15 is 0 Å². The molecule has 108 valence electrons. The second-order valence-electron chi connectivity index (χ2n) is 4.78. The summed E-state index contributed by atoms with van der Waals surface area (Å²) in [6, 6.07) is 5.12. The van der Waals surface area contributed by atoms with Crippen molar-refractivity contribution in [2.75, 3.05) is 26.0 Å². The lowest BCUT2D eigenvalue weighted by molar-refractivity contribution is 0.110. The molecule has 1 rings (SSSR count). The molecule has 0 aliphatic rings. The zero-order valence-corrected chi connectivity index (χ0v) is 12.2. The maximum atomic E-state index is 13.1. The molecular weight excluding hydrogens is 243 g/mol. The molecule has 0 unspecified atom stereocenters. The van der Waals surface area contributed by atoms with Crippen molar-refractivity contribution in [2.24, 2.45) is 0 Å². The predicted octanol–water partition coefficient (Wildman–Crippen LogP) is 3.04. The summed E-state index contributed by atoms with van der Waals surface area (Å²) in [5.41, 5.74) is 7.38. The van der Waals surface area contributed by atoms with Crippen LogP contribution in [0.5, 0.6) is 0 Å². The van der Waals surface area contributed by atoms with Crippen molar-refractivity contribution in [1.29, 1.82) is 0 Å². The third-order valence-electron chi connectivity index (χ3n) is 3.52. The van der Waals surface area contributed by atoms with Gasteiger partial charge >= 0.3 is 0 Å². The molecule has 0 atom stereocenters. The van der Waals surface area contributed by atoms with Crippen molar-refractivity contribution in [3.63, 3.8) is 0 Å². The van der Waals surface area contributed by atoms with Crippen molar-refractivity contribution < 1.29 is 9.13 Å². The van der Waals surface area contributed by atoms with Crippen molar-refractivity contribution in [1.82, 2.24) is 4.90 Å². The van der Waals surface area contributed by atoms with Crippen LogP contribution in [0, 0.1) is 5.82 Å². The Morgan fingerprint density at radius 1 is 1.32 bits per heavy atom. The van der Waals surface area contributed by atoms with E-state index in [4.69, 9.17) is 10.5 Å². The van der Waals surface area contributed by atoms with Gasteiger partial charge in [0.1, 0.15) is 5.82 Å². The van der Waals surface area contributed by atoms with E-state index in [1.807, 2.05) is 0 Å². The van der Waals surface area contributed by atoms with Gasteiger partial charge in [-0.05, 0) is 30.5 Å². The first kappa shape index (κ1) is 15.9. The normalized spacial score (nSPS) is 11.5. The van der Waals surface area contributed by atoms with Crippen LogP contribution in [0.1, 0.15) is 32.3 Å². The van der Waals surface area contributed by atoms with Crippen LogP contribution in [-0.4, -0.2) is 31.2 Å². The Morgan fingerprint density at radius 3 is 2.53 bits per heavy atom. The summed E-state index contributed by atoms with van der Waals surface area (Å²) in [5.74, 6) is -0.285. The Bertz CT molecular complexity index is 380. The van der Waals surface area contributed by atoms with E-state index in [0.717, 1.165) is 31.5 Å². The second kappa shape index (κ2) is 8.12. The van der Waals surface area contributed by atoms with Gasteiger partial charge in [0.25, 0.3) is 0 Å². The molecular formula is C15H25FN2O. The number of rotatable bonds is 8. The minimum atomic E-state index is -0.285. The average molecular weight is 268 g/mol. The van der Waals surface area contributed by atoms with Gasteiger partial charge in [-0.1, -0.05) is 19.9 Å². The highest BCUT2D eigenvalue weighted by Gasteiger charge is 2.16. The number of anilines is 1. The number of nitrogen functional groups attached to an aromatic ring is 1. The fourth-order valence-corrected chi connectivity index (χ4v) is 2.33. The minimum Gasteiger partial charge on any atom is -0.398 e. The third kappa shape index (κ3) is 4.80. The molecule has 0 saturated heterocycles. The van der Waals surface area contributed by atoms with Gasteiger partial charge in [0, 0.05) is 31.9 Å². The van der Waals surface area contributed by atoms with Gasteiger partial charge in [-0.2, -0.15) is 0 Å². The fourth-order valence-electron chi connectivity index (χ4n) is 2.33. The van der Waals surface area contributed by atoms with E-state index in [2.05, 4.69) is 18.7 Å². The van der Waals surface area contributed by atoms with E-state index in [0.29, 0.717) is 18.3 Å². The molecule has 0 aliphatic heterocycles. The van der Waals surface area contributed by atoms with Crippen LogP contribution in [-0.2, 0) is 11.3 Å². The van der Waals surface area contributed by atoms with Gasteiger partial charge in [0.2, 0.25) is 0 Å². The van der Waals surface area contributed by atoms with Crippen LogP contribution in [0.25, 0.3) is 0 Å². The van der Waals surface area contributed by atoms with Crippen LogP contribution in [0.15, 0.2) is 18.2 Å². The van der Waals surface area contributed by atoms with Gasteiger partial charge in [0.05, 0.1) is 6.61 Å². The highest BCUT2D eigenvalue weighted by atomic mass is 19.1. The lowest BCUT2D eigenvalue weighted by Gasteiger charge is -2.30. The SMILES string of the molecule is CCC(CC)N(CCOC)Cc1ccc(F)cc1N. The molecule has 4 heteroatoms. The van der Waals surface area contributed by atoms with Crippen LogP contribution >= 0.6 is 0 Å². The van der Waals surface area contributed by atoms with Crippen molar-refractivity contribution in [2.45, 2.75) is 39.3 Å². The molecule has 0 radical (unpaired) electrons. The molecule has 0 heterocycles. The Balaban J connectivity index is 2.80. The number of hydrogen-bond donors (Lipinski definition) is 1. The predicted molar refractivity (Wildman–Crippen MR) is 77.5 cm³/mol. The van der Waals surface area contributed by atoms with E-state index in [1.165, 1.54) is 12.1 Å². The van der Waals surface area contributed by atoms with Gasteiger partial charge < -0.3 is 10.5 Å². The number of nitrogens with two attached hydrogens (primary N) is 1. The van der Waals surface area contributed by atoms with E-state index in [1.54, 1.807) is 13.2 Å². The Hall–Kier alpha value is -1.13. The standard InChI is InChI=1S/C15H25FN2O/c1-4-14(5-2)18(8-9-19-3)11-12-6-7-13(16)10-15(12)17/h6-7,10,14H,4-5,8-9,11,17H2,1-3H3. The molecule has 0 bridgehead atoms. The van der Waals surface area contributed by atoms with E-state index in [-0.39, 0.29) is 5.82 Å². The van der Waals surface area contributed by atoms with Crippen molar-refractivity contribution in [3.05, 3.63) is 29.6 Å². The van der Waals surface area contributed by atoms with Gasteiger partial charge in [-0.25, -0.2) is 4.39 Å². The smallest absolute Gasteiger partial charge is 0.125 e. The largest absolute Gasteiger partial charge is 0.398 e. The van der Waals surface area contributed by atoms with Crippen molar-refractivity contribution >= 4 is 5.69 Å². The molecule has 0 amide bonds. The third-order valence-corrected chi connectivity index (χ3v) is 3.52. The molecule has 3 nitrogen and oxygen atoms in total. The maximum Gasteiger partial charge on any atom is 0.125 e. The lowest BCUT2D eigenvalue weighted by Crippen LogP contribution is -2.36. The molecule has 1 aromatic rings. The van der Waals surface area contributed by atoms with Crippen molar-refractivity contribution in [3.8, 4) is 0 Å². The summed E-state index contributed by atoms with van der Waals surface area (Å²) in [6.07, 6.45) is 2.17. The number of methoxy groups -OCH3 is 1. The number of nitrogens with zero attached hydrogens (tertiary/aromatic N) is 1. The second-order valence-corrected chi connectivity index (χ2v) is 4.78. The van der Waals surface area contributed by atoms with Crippen LogP contribution in [0.2, 0.25) is 0 Å². The van der Waals surface area contributed by atoms with Gasteiger partial charge in [-0.3, -0.25) is 4.90 Å². The topological polar surface area (TPSA) is 38.5 Å². The zero-order chi connectivity index (χ0) is 14.3. The molecule has 0 fully saturated rings. The van der Waals surface area contributed by atoms with Crippen LogP contribution in [0.4, 0.5) is 10.1 Å². The molecule has 0 saturated carbocycles. The molecule has 0 aromatic heterocycles. The minimum absolute atomic E-state index is 0.285. The average Bonchev–Trinajstić information content (AvgIpc) is 2.39. The summed E-state index contributed by atoms with van der Waals surface area (Å²) in [7, 11) is 1.71. The van der Waals surface area contributed by atoms with E-state index < -0.39 is 0 Å². The fraction of sp³-hybridized carbons (Fsp3) is 0.600. The number of benzene rings is 1. The highest BCUT2D eigenvalue weighted by Crippen LogP contribution is 2.19. The number of halogens is 1. The summed E-state index contributed by atoms with van der Waals surface area (Å²) in [6.45, 7) is 6.66. The molecule has 0 aliphatic carbocycles. The Labute approximate surface area is 115 Å². The zero-order valence-electron chi connectivity index (χ0n) is 12.2. The first-order valence-electron chi connectivity index (χ1n) is 6.89. The maximum absolute atomic E-state index is 13.1. The van der Waals surface area contributed by atoms with Gasteiger partial charge in [-0.15, -0.1) is 0 Å². The summed E-state index contributed by atoms with van der Waals surface area (Å²) in [4.78, 5) is 2.35. The first-order chi connectivity index (χ1) is 9.12. The lowest BCUT2D eigenvalue weighted by atomic mass is 10.1. The van der Waals surface area contributed by atoms with Crippen LogP contribution in [0.3, 0.4) is 0 Å². The molecule has 1 aromatic carbocycles. The highest BCUT2D eigenvalue weighted by molar-refractivity contribution is 5.46.